The van der Waals surface area contributed by atoms with E-state index >= 15 is 0 Å². The fourth-order valence-electron chi connectivity index (χ4n) is 1.78. The van der Waals surface area contributed by atoms with E-state index in [1.165, 1.54) is 6.20 Å². The number of aromatic nitrogens is 2. The van der Waals surface area contributed by atoms with Gasteiger partial charge in [0.05, 0.1) is 17.6 Å². The first-order valence-corrected chi connectivity index (χ1v) is 7.25. The summed E-state index contributed by atoms with van der Waals surface area (Å²) in [7, 11) is 0. The van der Waals surface area contributed by atoms with Gasteiger partial charge in [-0.2, -0.15) is 0 Å². The number of aromatic amines is 1. The minimum Gasteiger partial charge on any atom is -0.490 e. The highest BCUT2D eigenvalue weighted by molar-refractivity contribution is 9.10. The lowest BCUT2D eigenvalue weighted by molar-refractivity contribution is 0.263. The average Bonchev–Trinajstić information content (AvgIpc) is 2.49. The molecular formula is C14H15BrN2O4. The van der Waals surface area contributed by atoms with Crippen molar-refractivity contribution in [1.82, 2.24) is 9.55 Å². The number of nitrogens with zero attached hydrogens (tertiary/aromatic N) is 1. The first kappa shape index (κ1) is 15.4. The summed E-state index contributed by atoms with van der Waals surface area (Å²) in [4.78, 5) is 25.9. The first-order valence-electron chi connectivity index (χ1n) is 6.46. The topological polar surface area (TPSA) is 73.3 Å². The minimum atomic E-state index is -0.468. The van der Waals surface area contributed by atoms with Gasteiger partial charge in [-0.1, -0.05) is 12.1 Å². The highest BCUT2D eigenvalue weighted by atomic mass is 79.9. The molecule has 2 rings (SSSR count). The van der Waals surface area contributed by atoms with E-state index in [9.17, 15) is 9.59 Å². The number of hydrogen-bond donors (Lipinski definition) is 1. The van der Waals surface area contributed by atoms with E-state index in [2.05, 4.69) is 20.9 Å². The standard InChI is InChI=1S/C14H15BrN2O4/c1-2-20-11-5-3-4-6-12(11)21-8-7-17-13(18)10(15)9-16-14(17)19/h3-6,9H,2,7-8H2,1H3,(H,16,19). The van der Waals surface area contributed by atoms with Gasteiger partial charge in [-0.25, -0.2) is 4.79 Å². The number of benzene rings is 1. The summed E-state index contributed by atoms with van der Waals surface area (Å²) in [5.74, 6) is 1.22. The molecule has 0 aliphatic heterocycles. The summed E-state index contributed by atoms with van der Waals surface area (Å²) in [5.41, 5.74) is -0.856. The van der Waals surface area contributed by atoms with Crippen molar-refractivity contribution in [3.63, 3.8) is 0 Å². The Kier molecular flexibility index (Phi) is 5.21. The molecule has 6 nitrogen and oxygen atoms in total. The third kappa shape index (κ3) is 3.75. The molecule has 1 aromatic heterocycles. The van der Waals surface area contributed by atoms with E-state index in [0.29, 0.717) is 22.6 Å². The van der Waals surface area contributed by atoms with E-state index in [0.717, 1.165) is 4.57 Å². The second-order valence-corrected chi connectivity index (χ2v) is 4.98. The van der Waals surface area contributed by atoms with Crippen LogP contribution in [0.4, 0.5) is 0 Å². The maximum absolute atomic E-state index is 11.8. The quantitative estimate of drug-likeness (QED) is 0.857. The van der Waals surface area contributed by atoms with Crippen molar-refractivity contribution >= 4 is 15.9 Å². The lowest BCUT2D eigenvalue weighted by Crippen LogP contribution is -2.36. The molecule has 0 fully saturated rings. The van der Waals surface area contributed by atoms with Crippen LogP contribution in [-0.4, -0.2) is 22.8 Å². The zero-order valence-corrected chi connectivity index (χ0v) is 13.1. The zero-order chi connectivity index (χ0) is 15.2. The normalized spacial score (nSPS) is 10.4. The van der Waals surface area contributed by atoms with Crippen LogP contribution in [0.1, 0.15) is 6.92 Å². The van der Waals surface area contributed by atoms with E-state index in [-0.39, 0.29) is 18.7 Å². The second kappa shape index (κ2) is 7.12. The van der Waals surface area contributed by atoms with Crippen LogP contribution in [0.15, 0.2) is 44.5 Å². The van der Waals surface area contributed by atoms with Crippen molar-refractivity contribution in [2.45, 2.75) is 13.5 Å². The van der Waals surface area contributed by atoms with Crippen LogP contribution in [0.25, 0.3) is 0 Å². The molecule has 7 heteroatoms. The van der Waals surface area contributed by atoms with Gasteiger partial charge in [0, 0.05) is 6.20 Å². The van der Waals surface area contributed by atoms with Gasteiger partial charge in [0.25, 0.3) is 5.56 Å². The van der Waals surface area contributed by atoms with Gasteiger partial charge in [0.2, 0.25) is 0 Å². The number of para-hydroxylation sites is 2. The lowest BCUT2D eigenvalue weighted by Gasteiger charge is -2.12. The third-order valence-corrected chi connectivity index (χ3v) is 3.31. The molecule has 0 amide bonds. The fraction of sp³-hybridized carbons (Fsp3) is 0.286. The Bertz CT molecular complexity index is 723. The summed E-state index contributed by atoms with van der Waals surface area (Å²) in [6.07, 6.45) is 1.33. The molecule has 0 bridgehead atoms. The van der Waals surface area contributed by atoms with E-state index in [1.54, 1.807) is 12.1 Å². The lowest BCUT2D eigenvalue weighted by atomic mass is 10.3. The second-order valence-electron chi connectivity index (χ2n) is 4.13. The minimum absolute atomic E-state index is 0.147. The van der Waals surface area contributed by atoms with Crippen molar-refractivity contribution < 1.29 is 9.47 Å². The molecule has 2 aromatic rings. The molecule has 0 radical (unpaired) electrons. The smallest absolute Gasteiger partial charge is 0.328 e. The van der Waals surface area contributed by atoms with Crippen molar-refractivity contribution in [2.24, 2.45) is 0 Å². The molecule has 21 heavy (non-hydrogen) atoms. The molecular weight excluding hydrogens is 340 g/mol. The fourth-order valence-corrected chi connectivity index (χ4v) is 2.11. The molecule has 112 valence electrons. The van der Waals surface area contributed by atoms with Crippen LogP contribution in [0.2, 0.25) is 0 Å². The Balaban J connectivity index is 2.08. The molecule has 0 aliphatic rings. The summed E-state index contributed by atoms with van der Waals surface area (Å²) < 4.78 is 12.4. The average molecular weight is 355 g/mol. The van der Waals surface area contributed by atoms with Gasteiger partial charge in [-0.3, -0.25) is 9.36 Å². The van der Waals surface area contributed by atoms with Gasteiger partial charge in [0.15, 0.2) is 11.5 Å². The van der Waals surface area contributed by atoms with Crippen molar-refractivity contribution in [3.05, 3.63) is 55.8 Å². The molecule has 0 saturated heterocycles. The molecule has 0 unspecified atom stereocenters. The Morgan fingerprint density at radius 3 is 2.52 bits per heavy atom. The number of rotatable bonds is 6. The van der Waals surface area contributed by atoms with Gasteiger partial charge < -0.3 is 14.5 Å². The third-order valence-electron chi connectivity index (χ3n) is 2.74. The number of halogens is 1. The highest BCUT2D eigenvalue weighted by Crippen LogP contribution is 2.26. The van der Waals surface area contributed by atoms with E-state index in [1.807, 2.05) is 19.1 Å². The summed E-state index contributed by atoms with van der Waals surface area (Å²) in [6.45, 7) is 2.75. The SMILES string of the molecule is CCOc1ccccc1OCCn1c(=O)[nH]cc(Br)c1=O. The van der Waals surface area contributed by atoms with Crippen LogP contribution < -0.4 is 20.7 Å². The Morgan fingerprint density at radius 2 is 1.86 bits per heavy atom. The predicted molar refractivity (Wildman–Crippen MR) is 82.1 cm³/mol. The summed E-state index contributed by atoms with van der Waals surface area (Å²) in [6, 6.07) is 7.26. The van der Waals surface area contributed by atoms with Crippen LogP contribution in [0.3, 0.4) is 0 Å². The Morgan fingerprint density at radius 1 is 1.19 bits per heavy atom. The molecule has 1 aromatic carbocycles. The number of hydrogen-bond acceptors (Lipinski definition) is 4. The van der Waals surface area contributed by atoms with E-state index in [4.69, 9.17) is 9.47 Å². The molecule has 1 heterocycles. The Hall–Kier alpha value is -2.02. The van der Waals surface area contributed by atoms with Crippen LogP contribution >= 0.6 is 15.9 Å². The van der Waals surface area contributed by atoms with Gasteiger partial charge in [-0.15, -0.1) is 0 Å². The molecule has 0 saturated carbocycles. The number of H-pyrrole nitrogens is 1. The number of ether oxygens (including phenoxy) is 2. The first-order chi connectivity index (χ1) is 10.1. The zero-order valence-electron chi connectivity index (χ0n) is 11.5. The monoisotopic (exact) mass is 354 g/mol. The molecule has 0 spiro atoms. The summed E-state index contributed by atoms with van der Waals surface area (Å²) >= 11 is 3.08. The van der Waals surface area contributed by atoms with Crippen molar-refractivity contribution in [2.75, 3.05) is 13.2 Å². The van der Waals surface area contributed by atoms with Crippen LogP contribution in [0, 0.1) is 0 Å². The maximum Gasteiger partial charge on any atom is 0.328 e. The van der Waals surface area contributed by atoms with Gasteiger partial charge >= 0.3 is 5.69 Å². The van der Waals surface area contributed by atoms with Crippen molar-refractivity contribution in [1.29, 1.82) is 0 Å². The van der Waals surface area contributed by atoms with E-state index < -0.39 is 5.69 Å². The van der Waals surface area contributed by atoms with Crippen LogP contribution in [-0.2, 0) is 6.54 Å². The van der Waals surface area contributed by atoms with Crippen molar-refractivity contribution in [3.8, 4) is 11.5 Å². The molecule has 0 atom stereocenters. The highest BCUT2D eigenvalue weighted by Gasteiger charge is 2.07. The number of nitrogens with one attached hydrogen (secondary N) is 1. The molecule has 1 N–H and O–H groups in total. The Labute approximate surface area is 129 Å². The maximum atomic E-state index is 11.8. The van der Waals surface area contributed by atoms with Crippen LogP contribution in [0.5, 0.6) is 11.5 Å². The largest absolute Gasteiger partial charge is 0.490 e. The molecule has 0 aliphatic carbocycles. The summed E-state index contributed by atoms with van der Waals surface area (Å²) in [5, 5.41) is 0. The van der Waals surface area contributed by atoms with Gasteiger partial charge in [-0.05, 0) is 35.0 Å². The van der Waals surface area contributed by atoms with Gasteiger partial charge in [0.1, 0.15) is 6.61 Å². The predicted octanol–water partition coefficient (Wildman–Crippen LogP) is 1.78.